The van der Waals surface area contributed by atoms with Crippen LogP contribution in [0, 0.1) is 6.92 Å². The van der Waals surface area contributed by atoms with Crippen molar-refractivity contribution in [2.24, 2.45) is 0 Å². The summed E-state index contributed by atoms with van der Waals surface area (Å²) in [6.45, 7) is 1.94. The van der Waals surface area contributed by atoms with Gasteiger partial charge in [0.2, 0.25) is 0 Å². The third-order valence-electron chi connectivity index (χ3n) is 2.88. The van der Waals surface area contributed by atoms with E-state index in [-0.39, 0.29) is 5.54 Å². The molecule has 84 valence electrons. The fourth-order valence-corrected chi connectivity index (χ4v) is 2.07. The van der Waals surface area contributed by atoms with Gasteiger partial charge in [0.15, 0.2) is 0 Å². The number of aromatic nitrogens is 4. The second kappa shape index (κ2) is 3.31. The Labute approximate surface area is 97.8 Å². The highest BCUT2D eigenvalue weighted by molar-refractivity contribution is 6.19. The highest BCUT2D eigenvalue weighted by Gasteiger charge is 2.42. The van der Waals surface area contributed by atoms with Gasteiger partial charge in [0.1, 0.15) is 12.1 Å². The van der Waals surface area contributed by atoms with E-state index in [0.717, 1.165) is 24.4 Å². The van der Waals surface area contributed by atoms with Crippen molar-refractivity contribution >= 4 is 23.2 Å². The molecule has 2 aromatic rings. The monoisotopic (exact) mass is 237 g/mol. The van der Waals surface area contributed by atoms with Gasteiger partial charge in [-0.05, 0) is 19.8 Å². The Kier molecular flexibility index (Phi) is 2.04. The molecule has 0 radical (unpaired) electrons. The number of aryl methyl sites for hydroxylation is 1. The molecule has 1 saturated carbocycles. The van der Waals surface area contributed by atoms with Gasteiger partial charge >= 0.3 is 0 Å². The average molecular weight is 238 g/mol. The van der Waals surface area contributed by atoms with Crippen LogP contribution in [0.4, 0.5) is 5.82 Å². The van der Waals surface area contributed by atoms with Crippen LogP contribution in [0.3, 0.4) is 0 Å². The van der Waals surface area contributed by atoms with E-state index in [1.54, 1.807) is 4.52 Å². The number of hydrogen-bond donors (Lipinski definition) is 1. The first-order valence-corrected chi connectivity index (χ1v) is 5.77. The molecule has 1 N–H and O–H groups in total. The van der Waals surface area contributed by atoms with Crippen molar-refractivity contribution in [3.63, 3.8) is 0 Å². The third-order valence-corrected chi connectivity index (χ3v) is 3.39. The van der Waals surface area contributed by atoms with E-state index in [9.17, 15) is 0 Å². The van der Waals surface area contributed by atoms with Crippen LogP contribution in [0.25, 0.3) is 5.78 Å². The number of halogens is 1. The van der Waals surface area contributed by atoms with Crippen LogP contribution in [0.15, 0.2) is 12.4 Å². The van der Waals surface area contributed by atoms with Crippen LogP contribution in [-0.2, 0) is 0 Å². The minimum absolute atomic E-state index is 0.0498. The molecule has 0 spiro atoms. The zero-order valence-electron chi connectivity index (χ0n) is 8.94. The molecule has 2 heterocycles. The molecular weight excluding hydrogens is 226 g/mol. The molecule has 1 aliphatic rings. The molecule has 0 atom stereocenters. The van der Waals surface area contributed by atoms with Gasteiger partial charge < -0.3 is 5.32 Å². The lowest BCUT2D eigenvalue weighted by Crippen LogP contribution is -2.24. The van der Waals surface area contributed by atoms with Crippen molar-refractivity contribution in [2.75, 3.05) is 11.2 Å². The Hall–Kier alpha value is -1.36. The summed E-state index contributed by atoms with van der Waals surface area (Å²) in [6.07, 6.45) is 3.72. The third kappa shape index (κ3) is 1.51. The molecule has 5 nitrogen and oxygen atoms in total. The Balaban J connectivity index is 2.05. The fraction of sp³-hybridized carbons (Fsp3) is 0.500. The number of nitrogens with zero attached hydrogens (tertiary/aromatic N) is 4. The van der Waals surface area contributed by atoms with Crippen LogP contribution >= 0.6 is 11.6 Å². The highest BCUT2D eigenvalue weighted by Crippen LogP contribution is 2.39. The lowest BCUT2D eigenvalue weighted by atomic mass is 10.3. The molecule has 0 bridgehead atoms. The second-order valence-electron chi connectivity index (χ2n) is 4.29. The Morgan fingerprint density at radius 1 is 1.56 bits per heavy atom. The Morgan fingerprint density at radius 3 is 3.06 bits per heavy atom. The molecular formula is C10H12ClN5. The van der Waals surface area contributed by atoms with E-state index in [0.29, 0.717) is 11.7 Å². The number of rotatable bonds is 3. The first-order valence-electron chi connectivity index (χ1n) is 5.24. The summed E-state index contributed by atoms with van der Waals surface area (Å²) >= 11 is 5.95. The summed E-state index contributed by atoms with van der Waals surface area (Å²) in [7, 11) is 0. The van der Waals surface area contributed by atoms with E-state index in [1.807, 2.05) is 13.0 Å². The SMILES string of the molecule is Cc1cc(NC2(CCl)CC2)n2ncnc2n1. The van der Waals surface area contributed by atoms with Gasteiger partial charge in [-0.1, -0.05) is 0 Å². The molecule has 2 aromatic heterocycles. The first-order chi connectivity index (χ1) is 7.72. The minimum atomic E-state index is 0.0498. The zero-order valence-corrected chi connectivity index (χ0v) is 9.70. The number of hydrogen-bond acceptors (Lipinski definition) is 4. The summed E-state index contributed by atoms with van der Waals surface area (Å²) in [5.74, 6) is 2.15. The quantitative estimate of drug-likeness (QED) is 0.825. The topological polar surface area (TPSA) is 55.1 Å². The van der Waals surface area contributed by atoms with Crippen LogP contribution in [0.1, 0.15) is 18.5 Å². The normalized spacial score (nSPS) is 17.6. The molecule has 0 amide bonds. The summed E-state index contributed by atoms with van der Waals surface area (Å²) in [5.41, 5.74) is 0.974. The van der Waals surface area contributed by atoms with Crippen molar-refractivity contribution in [1.29, 1.82) is 0 Å². The van der Waals surface area contributed by atoms with Crippen LogP contribution in [-0.4, -0.2) is 31.0 Å². The number of anilines is 1. The van der Waals surface area contributed by atoms with Crippen molar-refractivity contribution in [1.82, 2.24) is 19.6 Å². The van der Waals surface area contributed by atoms with E-state index >= 15 is 0 Å². The Morgan fingerprint density at radius 2 is 2.38 bits per heavy atom. The number of nitrogens with one attached hydrogen (secondary N) is 1. The predicted molar refractivity (Wildman–Crippen MR) is 61.8 cm³/mol. The second-order valence-corrected chi connectivity index (χ2v) is 4.56. The molecule has 0 unspecified atom stereocenters. The van der Waals surface area contributed by atoms with Gasteiger partial charge in [-0.3, -0.25) is 0 Å². The molecule has 0 aliphatic heterocycles. The zero-order chi connectivity index (χ0) is 11.2. The molecule has 0 aromatic carbocycles. The van der Waals surface area contributed by atoms with E-state index in [4.69, 9.17) is 11.6 Å². The lowest BCUT2D eigenvalue weighted by molar-refractivity contribution is 0.804. The van der Waals surface area contributed by atoms with Crippen LogP contribution in [0.2, 0.25) is 0 Å². The average Bonchev–Trinajstić information content (AvgIpc) is 2.87. The van der Waals surface area contributed by atoms with Gasteiger partial charge in [0.25, 0.3) is 5.78 Å². The van der Waals surface area contributed by atoms with Crippen molar-refractivity contribution in [2.45, 2.75) is 25.3 Å². The molecule has 16 heavy (non-hydrogen) atoms. The smallest absolute Gasteiger partial charge is 0.254 e. The Bertz CT molecular complexity index is 531. The van der Waals surface area contributed by atoms with Gasteiger partial charge in [-0.25, -0.2) is 4.98 Å². The fourth-order valence-electron chi connectivity index (χ4n) is 1.73. The number of alkyl halides is 1. The van der Waals surface area contributed by atoms with E-state index in [1.165, 1.54) is 6.33 Å². The molecule has 3 rings (SSSR count). The maximum Gasteiger partial charge on any atom is 0.254 e. The van der Waals surface area contributed by atoms with E-state index in [2.05, 4.69) is 20.4 Å². The predicted octanol–water partition coefficient (Wildman–Crippen LogP) is 1.62. The summed E-state index contributed by atoms with van der Waals surface area (Å²) < 4.78 is 1.71. The number of fused-ring (bicyclic) bond motifs is 1. The van der Waals surface area contributed by atoms with E-state index < -0.39 is 0 Å². The molecule has 1 aliphatic carbocycles. The largest absolute Gasteiger partial charge is 0.363 e. The summed E-state index contributed by atoms with van der Waals surface area (Å²) in [5, 5.41) is 7.58. The summed E-state index contributed by atoms with van der Waals surface area (Å²) in [4.78, 5) is 8.37. The minimum Gasteiger partial charge on any atom is -0.363 e. The summed E-state index contributed by atoms with van der Waals surface area (Å²) in [6, 6.07) is 1.97. The van der Waals surface area contributed by atoms with Gasteiger partial charge in [0.05, 0.1) is 5.54 Å². The first kappa shape index (κ1) is 9.84. The molecule has 0 saturated heterocycles. The standard InChI is InChI=1S/C10H12ClN5/c1-7-4-8(15-10(5-11)2-3-10)16-9(14-7)12-6-13-16/h4,6,15H,2-3,5H2,1H3. The van der Waals surface area contributed by atoms with Gasteiger partial charge in [0, 0.05) is 17.6 Å². The van der Waals surface area contributed by atoms with Gasteiger partial charge in [-0.15, -0.1) is 11.6 Å². The van der Waals surface area contributed by atoms with Crippen LogP contribution in [0.5, 0.6) is 0 Å². The molecule has 1 fully saturated rings. The van der Waals surface area contributed by atoms with Crippen molar-refractivity contribution in [3.05, 3.63) is 18.1 Å². The highest BCUT2D eigenvalue weighted by atomic mass is 35.5. The van der Waals surface area contributed by atoms with Gasteiger partial charge in [-0.2, -0.15) is 14.6 Å². The maximum absolute atomic E-state index is 5.95. The van der Waals surface area contributed by atoms with Crippen molar-refractivity contribution in [3.8, 4) is 0 Å². The maximum atomic E-state index is 5.95. The lowest BCUT2D eigenvalue weighted by Gasteiger charge is -2.16. The van der Waals surface area contributed by atoms with Crippen LogP contribution < -0.4 is 5.32 Å². The van der Waals surface area contributed by atoms with Crippen molar-refractivity contribution < 1.29 is 0 Å². The molecule has 6 heteroatoms.